The highest BCUT2D eigenvalue weighted by molar-refractivity contribution is 7.52. The largest absolute Gasteiger partial charge is 0.468 e. The minimum absolute atomic E-state index is 0.196. The zero-order valence-electron chi connectivity index (χ0n) is 20.6. The van der Waals surface area contributed by atoms with Crippen LogP contribution in [0.2, 0.25) is 0 Å². The van der Waals surface area contributed by atoms with Crippen LogP contribution in [-0.2, 0) is 23.4 Å². The van der Waals surface area contributed by atoms with Crippen LogP contribution < -0.4 is 14.9 Å². The molecule has 0 amide bonds. The quantitative estimate of drug-likeness (QED) is 0.256. The molecule has 1 aliphatic rings. The zero-order valence-corrected chi connectivity index (χ0v) is 21.5. The van der Waals surface area contributed by atoms with Crippen molar-refractivity contribution in [2.45, 2.75) is 44.0 Å². The summed E-state index contributed by atoms with van der Waals surface area (Å²) in [6.07, 6.45) is -1.65. The van der Waals surface area contributed by atoms with Crippen LogP contribution in [0.3, 0.4) is 0 Å². The number of hydrogen-bond acceptors (Lipinski definition) is 11. The summed E-state index contributed by atoms with van der Waals surface area (Å²) in [4.78, 5) is 24.4. The number of halogens is 1. The van der Waals surface area contributed by atoms with Crippen molar-refractivity contribution in [1.82, 2.24) is 24.6 Å². The Labute approximate surface area is 211 Å². The lowest BCUT2D eigenvalue weighted by Gasteiger charge is -2.25. The highest BCUT2D eigenvalue weighted by Gasteiger charge is 2.56. The van der Waals surface area contributed by atoms with Crippen LogP contribution in [0.4, 0.5) is 10.2 Å². The highest BCUT2D eigenvalue weighted by Crippen LogP contribution is 2.48. The van der Waals surface area contributed by atoms with E-state index in [9.17, 15) is 14.5 Å². The fourth-order valence-corrected chi connectivity index (χ4v) is 5.41. The van der Waals surface area contributed by atoms with E-state index in [0.717, 1.165) is 0 Å². The topological polar surface area (TPSA) is 159 Å². The van der Waals surface area contributed by atoms with E-state index in [1.807, 2.05) is 0 Å². The molecule has 1 saturated heterocycles. The maximum absolute atomic E-state index is 15.8. The van der Waals surface area contributed by atoms with Gasteiger partial charge in [0.2, 0.25) is 0 Å². The molecule has 0 radical (unpaired) electrons. The van der Waals surface area contributed by atoms with Crippen molar-refractivity contribution >= 4 is 30.7 Å². The molecular weight excluding hydrogens is 510 g/mol. The summed E-state index contributed by atoms with van der Waals surface area (Å²) in [5.41, 5.74) is -1.63. The van der Waals surface area contributed by atoms with Gasteiger partial charge < -0.3 is 24.4 Å². The maximum Gasteiger partial charge on any atom is 0.459 e. The summed E-state index contributed by atoms with van der Waals surface area (Å²) in [5.74, 6) is -0.0714. The number of carbonyl (C=O) groups is 1. The second-order valence-electron chi connectivity index (χ2n) is 8.49. The van der Waals surface area contributed by atoms with Gasteiger partial charge in [-0.3, -0.25) is 13.9 Å². The number of aromatic nitrogens is 4. The fourth-order valence-electron chi connectivity index (χ4n) is 3.91. The number of ether oxygens (including phenoxy) is 2. The summed E-state index contributed by atoms with van der Waals surface area (Å²) in [7, 11) is -1.39. The molecule has 15 heteroatoms. The average molecular weight is 538 g/mol. The van der Waals surface area contributed by atoms with Crippen molar-refractivity contribution in [1.29, 1.82) is 0 Å². The minimum Gasteiger partial charge on any atom is -0.468 e. The second-order valence-corrected chi connectivity index (χ2v) is 10.2. The number of para-hydroxylation sites is 1. The van der Waals surface area contributed by atoms with Crippen molar-refractivity contribution in [3.05, 3.63) is 43.0 Å². The number of anilines is 1. The van der Waals surface area contributed by atoms with Gasteiger partial charge in [-0.1, -0.05) is 18.2 Å². The number of nitrogens with zero attached hydrogens (tertiary/aromatic N) is 4. The molecule has 2 aromatic heterocycles. The number of benzene rings is 1. The number of aliphatic hydroxyl groups is 1. The van der Waals surface area contributed by atoms with E-state index in [2.05, 4.69) is 30.1 Å². The summed E-state index contributed by atoms with van der Waals surface area (Å²) in [5, 5.41) is 16.1. The first-order chi connectivity index (χ1) is 17.6. The van der Waals surface area contributed by atoms with Gasteiger partial charge in [0.15, 0.2) is 23.4 Å². The second kappa shape index (κ2) is 10.7. The number of esters is 1. The monoisotopic (exact) mass is 538 g/mol. The molecule has 1 aliphatic heterocycles. The third kappa shape index (κ3) is 5.43. The SMILES string of the molecule is CNc1ncnc2c1ncn2[C@@H]1O[C@H](CO[P@](=O)(N[C@@H](C)C(=O)OC)Oc2ccccc2)[C@@H](O)[C@@]1(C)F. The van der Waals surface area contributed by atoms with E-state index < -0.39 is 50.5 Å². The molecule has 4 rings (SSSR count). The molecule has 0 aliphatic carbocycles. The first-order valence-electron chi connectivity index (χ1n) is 11.3. The molecule has 3 aromatic rings. The molecule has 0 spiro atoms. The number of methoxy groups -OCH3 is 1. The van der Waals surface area contributed by atoms with Gasteiger partial charge in [-0.05, 0) is 26.0 Å². The fraction of sp³-hybridized carbons (Fsp3) is 0.455. The van der Waals surface area contributed by atoms with Gasteiger partial charge in [0.25, 0.3) is 0 Å². The van der Waals surface area contributed by atoms with Crippen molar-refractivity contribution in [3.63, 3.8) is 0 Å². The van der Waals surface area contributed by atoms with Crippen LogP contribution in [-0.4, -0.2) is 75.3 Å². The Balaban J connectivity index is 1.55. The summed E-state index contributed by atoms with van der Waals surface area (Å²) < 4.78 is 52.3. The molecule has 1 fully saturated rings. The number of aliphatic hydroxyl groups excluding tert-OH is 1. The van der Waals surface area contributed by atoms with E-state index >= 15 is 4.39 Å². The van der Waals surface area contributed by atoms with Crippen molar-refractivity contribution < 1.29 is 37.4 Å². The van der Waals surface area contributed by atoms with E-state index in [1.54, 1.807) is 37.4 Å². The predicted molar refractivity (Wildman–Crippen MR) is 130 cm³/mol. The van der Waals surface area contributed by atoms with Crippen LogP contribution in [0.1, 0.15) is 20.1 Å². The molecule has 1 aromatic carbocycles. The molecule has 3 N–H and O–H groups in total. The average Bonchev–Trinajstić information content (AvgIpc) is 3.40. The Hall–Kier alpha value is -3.16. The van der Waals surface area contributed by atoms with Gasteiger partial charge in [0.1, 0.15) is 35.8 Å². The number of fused-ring (bicyclic) bond motifs is 1. The normalized spacial score (nSPS) is 25.9. The summed E-state index contributed by atoms with van der Waals surface area (Å²) in [6, 6.07) is 7.07. The molecule has 3 heterocycles. The van der Waals surface area contributed by atoms with Gasteiger partial charge in [-0.25, -0.2) is 23.9 Å². The first kappa shape index (κ1) is 26.9. The smallest absolute Gasteiger partial charge is 0.459 e. The van der Waals surface area contributed by atoms with Crippen LogP contribution in [0.25, 0.3) is 11.2 Å². The van der Waals surface area contributed by atoms with E-state index in [1.165, 1.54) is 38.2 Å². The lowest BCUT2D eigenvalue weighted by molar-refractivity contribution is -0.142. The van der Waals surface area contributed by atoms with Crippen LogP contribution in [0, 0.1) is 0 Å². The van der Waals surface area contributed by atoms with Crippen molar-refractivity contribution in [2.75, 3.05) is 26.1 Å². The number of nitrogens with one attached hydrogen (secondary N) is 2. The zero-order chi connectivity index (χ0) is 26.8. The molecule has 200 valence electrons. The van der Waals surface area contributed by atoms with Crippen LogP contribution in [0.5, 0.6) is 5.75 Å². The lowest BCUT2D eigenvalue weighted by Crippen LogP contribution is -2.41. The third-order valence-corrected chi connectivity index (χ3v) is 7.49. The Morgan fingerprint density at radius 2 is 2.05 bits per heavy atom. The number of carbonyl (C=O) groups excluding carboxylic acids is 1. The van der Waals surface area contributed by atoms with Gasteiger partial charge >= 0.3 is 13.7 Å². The predicted octanol–water partition coefficient (Wildman–Crippen LogP) is 2.21. The van der Waals surface area contributed by atoms with Gasteiger partial charge in [-0.2, -0.15) is 5.09 Å². The lowest BCUT2D eigenvalue weighted by atomic mass is 9.98. The molecule has 0 bridgehead atoms. The Morgan fingerprint density at radius 1 is 1.32 bits per heavy atom. The summed E-state index contributed by atoms with van der Waals surface area (Å²) in [6.45, 7) is 2.05. The standard InChI is InChI=1S/C22H28FN6O7P/c1-13(20(31)33-4)28-37(32,36-14-8-6-5-7-9-14)34-10-15-17(30)22(2,23)21(35-15)29-12-27-16-18(24-3)25-11-26-19(16)29/h5-9,11-13,15,17,21,30H,10H2,1-4H3,(H,28,32)(H,24,25,26)/t13-,15+,17+,21+,22+,37+/m0/s1. The number of imidazole rings is 1. The van der Waals surface area contributed by atoms with Crippen LogP contribution >= 0.6 is 7.75 Å². The Bertz CT molecular complexity index is 1290. The number of rotatable bonds is 10. The van der Waals surface area contributed by atoms with Crippen molar-refractivity contribution in [2.24, 2.45) is 0 Å². The van der Waals surface area contributed by atoms with E-state index in [-0.39, 0.29) is 11.4 Å². The molecule has 6 atom stereocenters. The number of hydrogen-bond donors (Lipinski definition) is 3. The Kier molecular flexibility index (Phi) is 7.76. The van der Waals surface area contributed by atoms with Gasteiger partial charge in [0, 0.05) is 7.05 Å². The third-order valence-electron chi connectivity index (χ3n) is 5.85. The molecular formula is C22H28FN6O7P. The van der Waals surface area contributed by atoms with Crippen molar-refractivity contribution in [3.8, 4) is 5.75 Å². The maximum atomic E-state index is 15.8. The highest BCUT2D eigenvalue weighted by atomic mass is 31.2. The minimum atomic E-state index is -4.23. The molecule has 13 nitrogen and oxygen atoms in total. The first-order valence-corrected chi connectivity index (χ1v) is 12.9. The molecule has 0 unspecified atom stereocenters. The van der Waals surface area contributed by atoms with Gasteiger partial charge in [-0.15, -0.1) is 0 Å². The van der Waals surface area contributed by atoms with E-state index in [0.29, 0.717) is 11.3 Å². The molecule has 37 heavy (non-hydrogen) atoms. The molecule has 0 saturated carbocycles. The number of alkyl halides is 1. The summed E-state index contributed by atoms with van der Waals surface area (Å²) >= 11 is 0. The van der Waals surface area contributed by atoms with Gasteiger partial charge in [0.05, 0.1) is 20.0 Å². The Morgan fingerprint density at radius 3 is 2.73 bits per heavy atom. The van der Waals surface area contributed by atoms with E-state index in [4.69, 9.17) is 13.8 Å². The van der Waals surface area contributed by atoms with Crippen LogP contribution in [0.15, 0.2) is 43.0 Å².